The first-order valence-corrected chi connectivity index (χ1v) is 6.63. The van der Waals surface area contributed by atoms with Crippen LogP contribution in [0.4, 0.5) is 15.8 Å². The van der Waals surface area contributed by atoms with E-state index < -0.39 is 40.6 Å². The number of amides is 2. The maximum absolute atomic E-state index is 13.5. The average Bonchev–Trinajstić information content (AvgIpc) is 2.55. The summed E-state index contributed by atoms with van der Waals surface area (Å²) in [4.78, 5) is 44.0. The summed E-state index contributed by atoms with van der Waals surface area (Å²) >= 11 is 0. The fraction of sp³-hybridized carbons (Fsp3) is 0.231. The maximum atomic E-state index is 13.5. The van der Waals surface area contributed by atoms with Crippen LogP contribution in [0.1, 0.15) is 12.8 Å². The third-order valence-electron chi connectivity index (χ3n) is 2.91. The van der Waals surface area contributed by atoms with Gasteiger partial charge in [0, 0.05) is 25.0 Å². The van der Waals surface area contributed by atoms with Crippen LogP contribution in [-0.2, 0) is 19.1 Å². The Kier molecular flexibility index (Phi) is 5.14. The second-order valence-corrected chi connectivity index (χ2v) is 4.64. The molecule has 10 nitrogen and oxygen atoms in total. The van der Waals surface area contributed by atoms with Gasteiger partial charge in [-0.3, -0.25) is 19.7 Å². The number of hydrogen-bond donors (Lipinski definition) is 2. The Labute approximate surface area is 133 Å². The van der Waals surface area contributed by atoms with E-state index in [1.807, 2.05) is 0 Å². The van der Waals surface area contributed by atoms with Gasteiger partial charge < -0.3 is 10.1 Å². The Morgan fingerprint density at radius 1 is 1.42 bits per heavy atom. The zero-order valence-electron chi connectivity index (χ0n) is 12.1. The van der Waals surface area contributed by atoms with Crippen LogP contribution in [0.2, 0.25) is 0 Å². The van der Waals surface area contributed by atoms with Crippen LogP contribution in [0.5, 0.6) is 0 Å². The number of hydrogen-bond acceptors (Lipinski definition) is 7. The lowest BCUT2D eigenvalue weighted by Gasteiger charge is -2.11. The van der Waals surface area contributed by atoms with Crippen molar-refractivity contribution < 1.29 is 28.4 Å². The summed E-state index contributed by atoms with van der Waals surface area (Å²) in [6, 6.07) is 2.62. The number of nitrogens with one attached hydrogen (secondary N) is 2. The average molecular weight is 338 g/mol. The highest BCUT2D eigenvalue weighted by Gasteiger charge is 2.21. The monoisotopic (exact) mass is 338 g/mol. The van der Waals surface area contributed by atoms with Gasteiger partial charge in [-0.15, -0.1) is 0 Å². The normalized spacial score (nSPS) is 13.5. The van der Waals surface area contributed by atoms with E-state index >= 15 is 0 Å². The SMILES string of the molecule is O=C1CCC(C(=O)OCC(=O)Nc2cc([N+](=O)[O-])ccc2F)=NN1. The summed E-state index contributed by atoms with van der Waals surface area (Å²) in [5.41, 5.74) is 1.23. The fourth-order valence-electron chi connectivity index (χ4n) is 1.74. The largest absolute Gasteiger partial charge is 0.451 e. The van der Waals surface area contributed by atoms with Crippen LogP contribution in [-0.4, -0.2) is 35.0 Å². The standard InChI is InChI=1S/C13H11FN4O6/c14-8-2-1-7(18(22)23)5-10(8)15-12(20)6-24-13(21)9-3-4-11(19)17-16-9/h1-2,5H,3-4,6H2,(H,15,20)(H,17,19). The molecule has 0 aliphatic carbocycles. The molecule has 0 bridgehead atoms. The lowest BCUT2D eigenvalue weighted by atomic mass is 10.2. The Morgan fingerprint density at radius 2 is 2.17 bits per heavy atom. The van der Waals surface area contributed by atoms with E-state index in [1.54, 1.807) is 0 Å². The molecule has 2 N–H and O–H groups in total. The van der Waals surface area contributed by atoms with Gasteiger partial charge in [0.15, 0.2) is 6.61 Å². The van der Waals surface area contributed by atoms with Crippen LogP contribution in [0.3, 0.4) is 0 Å². The first kappa shape index (κ1) is 17.0. The molecule has 1 aromatic rings. The molecule has 1 heterocycles. The lowest BCUT2D eigenvalue weighted by molar-refractivity contribution is -0.384. The van der Waals surface area contributed by atoms with Gasteiger partial charge in [-0.25, -0.2) is 14.6 Å². The van der Waals surface area contributed by atoms with Gasteiger partial charge in [-0.2, -0.15) is 5.10 Å². The fourth-order valence-corrected chi connectivity index (χ4v) is 1.74. The van der Waals surface area contributed by atoms with E-state index in [0.717, 1.165) is 18.2 Å². The molecule has 0 spiro atoms. The number of ether oxygens (including phenoxy) is 1. The van der Waals surface area contributed by atoms with Crippen LogP contribution in [0, 0.1) is 15.9 Å². The van der Waals surface area contributed by atoms with Crippen molar-refractivity contribution >= 4 is 34.9 Å². The predicted molar refractivity (Wildman–Crippen MR) is 77.5 cm³/mol. The maximum Gasteiger partial charge on any atom is 0.355 e. The van der Waals surface area contributed by atoms with Crippen molar-refractivity contribution in [1.82, 2.24) is 5.43 Å². The van der Waals surface area contributed by atoms with E-state index in [0.29, 0.717) is 0 Å². The van der Waals surface area contributed by atoms with Gasteiger partial charge in [-0.1, -0.05) is 0 Å². The zero-order valence-corrected chi connectivity index (χ0v) is 12.1. The van der Waals surface area contributed by atoms with Crippen molar-refractivity contribution in [1.29, 1.82) is 0 Å². The summed E-state index contributed by atoms with van der Waals surface area (Å²) in [5, 5.41) is 16.2. The zero-order chi connectivity index (χ0) is 17.7. The number of nitrogens with zero attached hydrogens (tertiary/aromatic N) is 2. The molecule has 0 atom stereocenters. The van der Waals surface area contributed by atoms with Crippen molar-refractivity contribution in [3.63, 3.8) is 0 Å². The third kappa shape index (κ3) is 4.32. The number of carbonyl (C=O) groups excluding carboxylic acids is 3. The number of non-ortho nitro benzene ring substituents is 1. The summed E-state index contributed by atoms with van der Waals surface area (Å²) in [6.07, 6.45) is 0.144. The molecule has 0 unspecified atom stereocenters. The molecule has 1 aliphatic rings. The number of benzene rings is 1. The summed E-state index contributed by atoms with van der Waals surface area (Å²) in [7, 11) is 0. The number of rotatable bonds is 5. The van der Waals surface area contributed by atoms with Crippen molar-refractivity contribution in [3.8, 4) is 0 Å². The molecule has 126 valence electrons. The molecule has 1 aliphatic heterocycles. The number of nitro benzene ring substituents is 1. The molecule has 11 heteroatoms. The third-order valence-corrected chi connectivity index (χ3v) is 2.91. The van der Waals surface area contributed by atoms with E-state index in [4.69, 9.17) is 0 Å². The lowest BCUT2D eigenvalue weighted by Crippen LogP contribution is -2.32. The molecule has 0 saturated heterocycles. The Hall–Kier alpha value is -3.37. The van der Waals surface area contributed by atoms with Gasteiger partial charge >= 0.3 is 5.97 Å². The van der Waals surface area contributed by atoms with Crippen LogP contribution in [0.15, 0.2) is 23.3 Å². The highest BCUT2D eigenvalue weighted by molar-refractivity contribution is 6.37. The van der Waals surface area contributed by atoms with Crippen molar-refractivity contribution in [3.05, 3.63) is 34.1 Å². The van der Waals surface area contributed by atoms with Crippen LogP contribution >= 0.6 is 0 Å². The summed E-state index contributed by atoms with van der Waals surface area (Å²) in [5.74, 6) is -3.00. The quantitative estimate of drug-likeness (QED) is 0.454. The number of halogens is 1. The first-order chi connectivity index (χ1) is 11.4. The minimum Gasteiger partial charge on any atom is -0.451 e. The second-order valence-electron chi connectivity index (χ2n) is 4.64. The minimum absolute atomic E-state index is 0.0519. The molecule has 0 fully saturated rings. The molecular formula is C13H11FN4O6. The van der Waals surface area contributed by atoms with Crippen molar-refractivity contribution in [2.24, 2.45) is 5.10 Å². The predicted octanol–water partition coefficient (Wildman–Crippen LogP) is 0.482. The van der Waals surface area contributed by atoms with Gasteiger partial charge in [-0.05, 0) is 6.07 Å². The smallest absolute Gasteiger partial charge is 0.355 e. The minimum atomic E-state index is -0.898. The molecule has 0 saturated carbocycles. The number of esters is 1. The van der Waals surface area contributed by atoms with Crippen molar-refractivity contribution in [2.75, 3.05) is 11.9 Å². The molecule has 2 rings (SSSR count). The van der Waals surface area contributed by atoms with Gasteiger partial charge in [0.1, 0.15) is 11.5 Å². The van der Waals surface area contributed by atoms with E-state index in [1.165, 1.54) is 0 Å². The van der Waals surface area contributed by atoms with E-state index in [-0.39, 0.29) is 24.5 Å². The van der Waals surface area contributed by atoms with Crippen LogP contribution < -0.4 is 10.7 Å². The Balaban J connectivity index is 1.92. The number of anilines is 1. The van der Waals surface area contributed by atoms with Gasteiger partial charge in [0.2, 0.25) is 5.91 Å². The van der Waals surface area contributed by atoms with Crippen molar-refractivity contribution in [2.45, 2.75) is 12.8 Å². The molecule has 24 heavy (non-hydrogen) atoms. The second kappa shape index (κ2) is 7.26. The van der Waals surface area contributed by atoms with E-state index in [9.17, 15) is 28.9 Å². The number of nitro groups is 1. The molecule has 0 aromatic heterocycles. The highest BCUT2D eigenvalue weighted by atomic mass is 19.1. The summed E-state index contributed by atoms with van der Waals surface area (Å²) in [6.45, 7) is -0.742. The van der Waals surface area contributed by atoms with Crippen LogP contribution in [0.25, 0.3) is 0 Å². The Bertz CT molecular complexity index is 748. The first-order valence-electron chi connectivity index (χ1n) is 6.63. The molecule has 1 aromatic carbocycles. The van der Waals surface area contributed by atoms with Gasteiger partial charge in [0.25, 0.3) is 11.6 Å². The Morgan fingerprint density at radius 3 is 2.79 bits per heavy atom. The number of hydrazone groups is 1. The molecule has 0 radical (unpaired) electrons. The van der Waals surface area contributed by atoms with E-state index in [2.05, 4.69) is 20.6 Å². The highest BCUT2D eigenvalue weighted by Crippen LogP contribution is 2.21. The number of carbonyl (C=O) groups is 3. The van der Waals surface area contributed by atoms with Gasteiger partial charge in [0.05, 0.1) is 10.6 Å². The topological polar surface area (TPSA) is 140 Å². The molecule has 2 amide bonds. The summed E-state index contributed by atoms with van der Waals surface area (Å²) < 4.78 is 18.2. The molecular weight excluding hydrogens is 327 g/mol.